The summed E-state index contributed by atoms with van der Waals surface area (Å²) in [6, 6.07) is 11.6. The molecule has 1 saturated heterocycles. The third-order valence-electron chi connectivity index (χ3n) is 5.22. The number of rotatable bonds is 2. The third-order valence-corrected chi connectivity index (χ3v) is 5.22. The summed E-state index contributed by atoms with van der Waals surface area (Å²) in [5.41, 5.74) is 1.45. The SMILES string of the molecule is CC1CN(C(=O)NC2CCC(c3ccccc3)CC2)CCN1.O=C(O)C(F)(F)F. The van der Waals surface area contributed by atoms with E-state index in [0.717, 1.165) is 32.5 Å². The summed E-state index contributed by atoms with van der Waals surface area (Å²) < 4.78 is 31.7. The number of nitrogens with zero attached hydrogens (tertiary/aromatic N) is 1. The number of hydrogen-bond donors (Lipinski definition) is 3. The highest BCUT2D eigenvalue weighted by Gasteiger charge is 2.38. The molecule has 3 rings (SSSR count). The van der Waals surface area contributed by atoms with Crippen LogP contribution >= 0.6 is 0 Å². The van der Waals surface area contributed by atoms with E-state index in [-0.39, 0.29) is 6.03 Å². The van der Waals surface area contributed by atoms with Crippen LogP contribution in [0, 0.1) is 0 Å². The van der Waals surface area contributed by atoms with Crippen LogP contribution in [0.2, 0.25) is 0 Å². The van der Waals surface area contributed by atoms with E-state index in [1.54, 1.807) is 0 Å². The monoisotopic (exact) mass is 415 g/mol. The quantitative estimate of drug-likeness (QED) is 0.692. The van der Waals surface area contributed by atoms with Gasteiger partial charge in [0.1, 0.15) is 0 Å². The molecule has 1 heterocycles. The standard InChI is InChI=1S/C18H27N3O.C2HF3O2/c1-14-13-21(12-11-19-14)18(22)20-17-9-7-16(8-10-17)15-5-3-2-4-6-15;3-2(4,5)1(6)7/h2-6,14,16-17,19H,7-13H2,1H3,(H,20,22);(H,6,7). The Morgan fingerprint density at radius 2 is 1.72 bits per heavy atom. The van der Waals surface area contributed by atoms with Crippen LogP contribution in [-0.2, 0) is 4.79 Å². The van der Waals surface area contributed by atoms with Crippen LogP contribution < -0.4 is 10.6 Å². The van der Waals surface area contributed by atoms with Crippen molar-refractivity contribution < 1.29 is 27.9 Å². The van der Waals surface area contributed by atoms with E-state index in [0.29, 0.717) is 18.0 Å². The van der Waals surface area contributed by atoms with Gasteiger partial charge in [0.25, 0.3) is 0 Å². The van der Waals surface area contributed by atoms with E-state index in [4.69, 9.17) is 9.90 Å². The van der Waals surface area contributed by atoms with Crippen molar-refractivity contribution in [2.75, 3.05) is 19.6 Å². The first kappa shape index (κ1) is 23.0. The molecule has 6 nitrogen and oxygen atoms in total. The van der Waals surface area contributed by atoms with Crippen LogP contribution in [-0.4, -0.2) is 59.9 Å². The molecule has 2 fully saturated rings. The summed E-state index contributed by atoms with van der Waals surface area (Å²) in [7, 11) is 0. The van der Waals surface area contributed by atoms with Crippen molar-refractivity contribution in [1.82, 2.24) is 15.5 Å². The van der Waals surface area contributed by atoms with E-state index in [2.05, 4.69) is 47.9 Å². The maximum Gasteiger partial charge on any atom is 0.490 e. The van der Waals surface area contributed by atoms with Gasteiger partial charge in [-0.1, -0.05) is 30.3 Å². The molecule has 0 spiro atoms. The largest absolute Gasteiger partial charge is 0.490 e. The molecule has 1 aliphatic carbocycles. The number of hydrogen-bond acceptors (Lipinski definition) is 3. The van der Waals surface area contributed by atoms with Gasteiger partial charge in [0.05, 0.1) is 0 Å². The summed E-state index contributed by atoms with van der Waals surface area (Å²) >= 11 is 0. The molecule has 1 aromatic carbocycles. The minimum atomic E-state index is -5.08. The number of alkyl halides is 3. The minimum absolute atomic E-state index is 0.122. The van der Waals surface area contributed by atoms with Crippen LogP contribution in [0.3, 0.4) is 0 Å². The van der Waals surface area contributed by atoms with Crippen molar-refractivity contribution >= 4 is 12.0 Å². The second-order valence-corrected chi connectivity index (χ2v) is 7.51. The zero-order valence-corrected chi connectivity index (χ0v) is 16.4. The second-order valence-electron chi connectivity index (χ2n) is 7.51. The van der Waals surface area contributed by atoms with Crippen molar-refractivity contribution in [2.45, 2.75) is 56.8 Å². The van der Waals surface area contributed by atoms with Gasteiger partial charge >= 0.3 is 18.2 Å². The summed E-state index contributed by atoms with van der Waals surface area (Å²) in [6.45, 7) is 4.65. The molecular weight excluding hydrogens is 387 g/mol. The number of carbonyl (C=O) groups is 2. The molecule has 162 valence electrons. The highest BCUT2D eigenvalue weighted by atomic mass is 19.4. The lowest BCUT2D eigenvalue weighted by Gasteiger charge is -2.35. The average Bonchev–Trinajstić information content (AvgIpc) is 2.69. The summed E-state index contributed by atoms with van der Waals surface area (Å²) in [5, 5.41) is 13.7. The second kappa shape index (κ2) is 10.5. The van der Waals surface area contributed by atoms with Crippen LogP contribution in [0.4, 0.5) is 18.0 Å². The van der Waals surface area contributed by atoms with Crippen molar-refractivity contribution in [2.24, 2.45) is 0 Å². The molecule has 1 atom stereocenters. The number of carboxylic acid groups (broad SMARTS) is 1. The molecule has 1 saturated carbocycles. The number of benzene rings is 1. The lowest BCUT2D eigenvalue weighted by Crippen LogP contribution is -2.55. The normalized spacial score (nSPS) is 24.8. The van der Waals surface area contributed by atoms with Gasteiger partial charge in [-0.25, -0.2) is 9.59 Å². The maximum absolute atomic E-state index is 12.4. The van der Waals surface area contributed by atoms with E-state index >= 15 is 0 Å². The van der Waals surface area contributed by atoms with Gasteiger partial charge in [-0.15, -0.1) is 0 Å². The van der Waals surface area contributed by atoms with Gasteiger partial charge in [0, 0.05) is 31.7 Å². The number of carbonyl (C=O) groups excluding carboxylic acids is 1. The fourth-order valence-electron chi connectivity index (χ4n) is 3.68. The predicted octanol–water partition coefficient (Wildman–Crippen LogP) is 3.35. The van der Waals surface area contributed by atoms with E-state index in [1.807, 2.05) is 4.90 Å². The number of carboxylic acids is 1. The van der Waals surface area contributed by atoms with Crippen LogP contribution in [0.1, 0.15) is 44.1 Å². The third kappa shape index (κ3) is 7.56. The number of halogens is 3. The first-order valence-electron chi connectivity index (χ1n) is 9.80. The Hall–Kier alpha value is -2.29. The van der Waals surface area contributed by atoms with E-state index in [1.165, 1.54) is 18.4 Å². The lowest BCUT2D eigenvalue weighted by atomic mass is 9.82. The highest BCUT2D eigenvalue weighted by Crippen LogP contribution is 2.32. The van der Waals surface area contributed by atoms with Gasteiger partial charge in [0.15, 0.2) is 0 Å². The van der Waals surface area contributed by atoms with E-state index in [9.17, 15) is 18.0 Å². The molecule has 3 N–H and O–H groups in total. The van der Waals surface area contributed by atoms with Crippen LogP contribution in [0.25, 0.3) is 0 Å². The van der Waals surface area contributed by atoms with Crippen LogP contribution in [0.15, 0.2) is 30.3 Å². The number of urea groups is 1. The highest BCUT2D eigenvalue weighted by molar-refractivity contribution is 5.74. The first-order valence-corrected chi connectivity index (χ1v) is 9.80. The Labute approximate surface area is 168 Å². The zero-order valence-electron chi connectivity index (χ0n) is 16.4. The smallest absolute Gasteiger partial charge is 0.475 e. The zero-order chi connectivity index (χ0) is 21.4. The fourth-order valence-corrected chi connectivity index (χ4v) is 3.68. The Balaban J connectivity index is 0.000000370. The number of aliphatic carboxylic acids is 1. The Morgan fingerprint density at radius 1 is 1.14 bits per heavy atom. The first-order chi connectivity index (χ1) is 13.7. The summed E-state index contributed by atoms with van der Waals surface area (Å²) in [6.07, 6.45) is -0.556. The lowest BCUT2D eigenvalue weighted by molar-refractivity contribution is -0.192. The molecule has 1 aromatic rings. The van der Waals surface area contributed by atoms with Crippen molar-refractivity contribution in [3.05, 3.63) is 35.9 Å². The Morgan fingerprint density at radius 3 is 2.24 bits per heavy atom. The number of amides is 2. The van der Waals surface area contributed by atoms with Crippen molar-refractivity contribution in [3.8, 4) is 0 Å². The molecule has 2 amide bonds. The molecule has 9 heteroatoms. The Kier molecular flexibility index (Phi) is 8.31. The summed E-state index contributed by atoms with van der Waals surface area (Å²) in [5.74, 6) is -2.10. The fraction of sp³-hybridized carbons (Fsp3) is 0.600. The van der Waals surface area contributed by atoms with Gasteiger partial charge < -0.3 is 20.6 Å². The molecular formula is C20H28F3N3O3. The predicted molar refractivity (Wildman–Crippen MR) is 103 cm³/mol. The molecule has 1 aliphatic heterocycles. The molecule has 0 bridgehead atoms. The van der Waals surface area contributed by atoms with Crippen molar-refractivity contribution in [1.29, 1.82) is 0 Å². The minimum Gasteiger partial charge on any atom is -0.475 e. The average molecular weight is 415 g/mol. The van der Waals surface area contributed by atoms with Gasteiger partial charge in [-0.3, -0.25) is 0 Å². The number of piperazine rings is 1. The molecule has 0 radical (unpaired) electrons. The van der Waals surface area contributed by atoms with Crippen molar-refractivity contribution in [3.63, 3.8) is 0 Å². The number of nitrogens with one attached hydrogen (secondary N) is 2. The van der Waals surface area contributed by atoms with E-state index < -0.39 is 12.1 Å². The molecule has 0 aromatic heterocycles. The summed E-state index contributed by atoms with van der Waals surface area (Å²) in [4.78, 5) is 23.2. The maximum atomic E-state index is 12.4. The Bertz CT molecular complexity index is 662. The van der Waals surface area contributed by atoms with Gasteiger partial charge in [-0.05, 0) is 44.1 Å². The molecule has 2 aliphatic rings. The molecule has 29 heavy (non-hydrogen) atoms. The van der Waals surface area contributed by atoms with Gasteiger partial charge in [0.2, 0.25) is 0 Å². The topological polar surface area (TPSA) is 81.7 Å². The molecule has 1 unspecified atom stereocenters. The van der Waals surface area contributed by atoms with Gasteiger partial charge in [-0.2, -0.15) is 13.2 Å². The van der Waals surface area contributed by atoms with Crippen LogP contribution in [0.5, 0.6) is 0 Å².